The molecule has 1 fully saturated rings. The maximum Gasteiger partial charge on any atom is 0.215 e. The maximum atomic E-state index is 9.66. The highest BCUT2D eigenvalue weighted by Gasteiger charge is 2.19. The topological polar surface area (TPSA) is 72.2 Å². The SMILES string of the molecule is OC1CCC(Nc2cccc(OCc3nccn3Cc3cc(Cl)cc(Cl)c3)n2)CC1. The molecule has 1 aliphatic carbocycles. The molecular weight excluding hydrogens is 423 g/mol. The van der Waals surface area contributed by atoms with Gasteiger partial charge in [0.2, 0.25) is 5.88 Å². The first-order chi connectivity index (χ1) is 14.5. The van der Waals surface area contributed by atoms with Crippen LogP contribution in [0.4, 0.5) is 5.82 Å². The number of benzene rings is 1. The number of rotatable bonds is 7. The molecule has 158 valence electrons. The zero-order valence-electron chi connectivity index (χ0n) is 16.5. The molecule has 1 saturated carbocycles. The Morgan fingerprint density at radius 3 is 2.63 bits per heavy atom. The molecule has 6 nitrogen and oxygen atoms in total. The lowest BCUT2D eigenvalue weighted by molar-refractivity contribution is 0.126. The van der Waals surface area contributed by atoms with Crippen LogP contribution in [0.15, 0.2) is 48.8 Å². The Morgan fingerprint density at radius 2 is 1.87 bits per heavy atom. The van der Waals surface area contributed by atoms with Crippen molar-refractivity contribution in [3.63, 3.8) is 0 Å². The molecule has 8 heteroatoms. The fraction of sp³-hybridized carbons (Fsp3) is 0.364. The molecule has 0 bridgehead atoms. The summed E-state index contributed by atoms with van der Waals surface area (Å²) in [6, 6.07) is 11.5. The summed E-state index contributed by atoms with van der Waals surface area (Å²) in [5.41, 5.74) is 0.994. The molecule has 2 N–H and O–H groups in total. The minimum absolute atomic E-state index is 0.169. The number of aliphatic hydroxyl groups excluding tert-OH is 1. The van der Waals surface area contributed by atoms with E-state index in [-0.39, 0.29) is 6.10 Å². The lowest BCUT2D eigenvalue weighted by Gasteiger charge is -2.26. The van der Waals surface area contributed by atoms with Gasteiger partial charge in [0.25, 0.3) is 0 Å². The molecule has 0 saturated heterocycles. The number of hydrogen-bond donors (Lipinski definition) is 2. The highest BCUT2D eigenvalue weighted by Crippen LogP contribution is 2.23. The maximum absolute atomic E-state index is 9.66. The van der Waals surface area contributed by atoms with Gasteiger partial charge in [-0.3, -0.25) is 0 Å². The summed E-state index contributed by atoms with van der Waals surface area (Å²) in [5, 5.41) is 14.3. The molecule has 0 spiro atoms. The smallest absolute Gasteiger partial charge is 0.215 e. The van der Waals surface area contributed by atoms with Gasteiger partial charge in [0.05, 0.1) is 6.10 Å². The number of aromatic nitrogens is 3. The monoisotopic (exact) mass is 446 g/mol. The van der Waals surface area contributed by atoms with Gasteiger partial charge in [0.15, 0.2) is 0 Å². The average molecular weight is 447 g/mol. The molecule has 0 unspecified atom stereocenters. The highest BCUT2D eigenvalue weighted by molar-refractivity contribution is 6.34. The Morgan fingerprint density at radius 1 is 1.10 bits per heavy atom. The van der Waals surface area contributed by atoms with E-state index < -0.39 is 0 Å². The van der Waals surface area contributed by atoms with Crippen molar-refractivity contribution in [1.82, 2.24) is 14.5 Å². The van der Waals surface area contributed by atoms with Gasteiger partial charge in [0.1, 0.15) is 18.2 Å². The van der Waals surface area contributed by atoms with Gasteiger partial charge in [-0.15, -0.1) is 0 Å². The van der Waals surface area contributed by atoms with Crippen LogP contribution in [0, 0.1) is 0 Å². The van der Waals surface area contributed by atoms with Crippen molar-refractivity contribution in [2.45, 2.75) is 51.0 Å². The predicted molar refractivity (Wildman–Crippen MR) is 118 cm³/mol. The van der Waals surface area contributed by atoms with Gasteiger partial charge in [-0.05, 0) is 55.5 Å². The summed E-state index contributed by atoms with van der Waals surface area (Å²) >= 11 is 12.2. The molecule has 0 radical (unpaired) electrons. The van der Waals surface area contributed by atoms with Crippen molar-refractivity contribution >= 4 is 29.0 Å². The number of nitrogens with zero attached hydrogens (tertiary/aromatic N) is 3. The first kappa shape index (κ1) is 21.0. The Bertz CT molecular complexity index is 967. The summed E-state index contributed by atoms with van der Waals surface area (Å²) in [4.78, 5) is 8.95. The van der Waals surface area contributed by atoms with Gasteiger partial charge in [-0.25, -0.2) is 4.98 Å². The summed E-state index contributed by atoms with van der Waals surface area (Å²) in [6.07, 6.45) is 7.02. The number of hydrogen-bond acceptors (Lipinski definition) is 5. The molecule has 1 aliphatic rings. The first-order valence-electron chi connectivity index (χ1n) is 10.0. The molecule has 2 aromatic heterocycles. The van der Waals surface area contributed by atoms with Gasteiger partial charge in [-0.1, -0.05) is 29.3 Å². The third-order valence-electron chi connectivity index (χ3n) is 5.20. The minimum Gasteiger partial charge on any atom is -0.469 e. The number of nitrogens with one attached hydrogen (secondary N) is 1. The van der Waals surface area contributed by atoms with Crippen molar-refractivity contribution in [3.05, 3.63) is 70.2 Å². The fourth-order valence-electron chi connectivity index (χ4n) is 3.67. The van der Waals surface area contributed by atoms with E-state index in [4.69, 9.17) is 27.9 Å². The van der Waals surface area contributed by atoms with E-state index in [1.54, 1.807) is 12.3 Å². The lowest BCUT2D eigenvalue weighted by Crippen LogP contribution is -2.28. The lowest BCUT2D eigenvalue weighted by atomic mass is 9.93. The molecular formula is C22H24Cl2N4O2. The Balaban J connectivity index is 1.37. The second-order valence-corrected chi connectivity index (χ2v) is 8.42. The van der Waals surface area contributed by atoms with E-state index in [2.05, 4.69) is 15.3 Å². The Labute approximate surface area is 185 Å². The molecule has 30 heavy (non-hydrogen) atoms. The largest absolute Gasteiger partial charge is 0.469 e. The van der Waals surface area contributed by atoms with Crippen LogP contribution in [0.3, 0.4) is 0 Å². The summed E-state index contributed by atoms with van der Waals surface area (Å²) in [7, 11) is 0. The van der Waals surface area contributed by atoms with Crippen LogP contribution < -0.4 is 10.1 Å². The van der Waals surface area contributed by atoms with Crippen LogP contribution >= 0.6 is 23.2 Å². The third-order valence-corrected chi connectivity index (χ3v) is 5.63. The second kappa shape index (κ2) is 9.69. The zero-order valence-corrected chi connectivity index (χ0v) is 18.0. The van der Waals surface area contributed by atoms with Crippen LogP contribution in [0.5, 0.6) is 5.88 Å². The Kier molecular flexibility index (Phi) is 6.77. The number of ether oxygens (including phenoxy) is 1. The molecule has 0 amide bonds. The summed E-state index contributed by atoms with van der Waals surface area (Å²) in [5.74, 6) is 2.11. The molecule has 3 aromatic rings. The molecule has 1 aromatic carbocycles. The van der Waals surface area contributed by atoms with E-state index in [9.17, 15) is 5.11 Å². The predicted octanol–water partition coefficient (Wildman–Crippen LogP) is 4.93. The molecule has 4 rings (SSSR count). The van der Waals surface area contributed by atoms with E-state index in [0.717, 1.165) is 42.9 Å². The number of anilines is 1. The first-order valence-corrected chi connectivity index (χ1v) is 10.8. The zero-order chi connectivity index (χ0) is 20.9. The average Bonchev–Trinajstić information content (AvgIpc) is 3.15. The highest BCUT2D eigenvalue weighted by atomic mass is 35.5. The van der Waals surface area contributed by atoms with Crippen molar-refractivity contribution < 1.29 is 9.84 Å². The van der Waals surface area contributed by atoms with Crippen LogP contribution in [0.25, 0.3) is 0 Å². The van der Waals surface area contributed by atoms with Gasteiger partial charge in [-0.2, -0.15) is 4.98 Å². The number of pyridine rings is 1. The van der Waals surface area contributed by atoms with Crippen molar-refractivity contribution in [3.8, 4) is 5.88 Å². The third kappa shape index (κ3) is 5.65. The Hall–Kier alpha value is -2.28. The van der Waals surface area contributed by atoms with Crippen LogP contribution in [0.1, 0.15) is 37.1 Å². The van der Waals surface area contributed by atoms with Gasteiger partial charge < -0.3 is 19.7 Å². The van der Waals surface area contributed by atoms with E-state index in [1.165, 1.54) is 0 Å². The van der Waals surface area contributed by atoms with E-state index >= 15 is 0 Å². The van der Waals surface area contributed by atoms with Crippen molar-refractivity contribution in [2.24, 2.45) is 0 Å². The molecule has 0 atom stereocenters. The normalized spacial score (nSPS) is 18.9. The quantitative estimate of drug-likeness (QED) is 0.538. The number of halogens is 2. The summed E-state index contributed by atoms with van der Waals surface area (Å²) < 4.78 is 7.89. The fourth-order valence-corrected chi connectivity index (χ4v) is 4.24. The summed E-state index contributed by atoms with van der Waals surface area (Å²) in [6.45, 7) is 0.898. The minimum atomic E-state index is -0.169. The van der Waals surface area contributed by atoms with Gasteiger partial charge in [0, 0.05) is 41.1 Å². The number of aliphatic hydroxyl groups is 1. The van der Waals surface area contributed by atoms with Crippen molar-refractivity contribution in [2.75, 3.05) is 5.32 Å². The van der Waals surface area contributed by atoms with Crippen LogP contribution in [0.2, 0.25) is 10.0 Å². The van der Waals surface area contributed by atoms with Crippen molar-refractivity contribution in [1.29, 1.82) is 0 Å². The number of imidazole rings is 1. The standard InChI is InChI=1S/C22H24Cl2N4O2/c23-16-10-15(11-17(24)12-16)13-28-9-8-25-21(28)14-30-22-3-1-2-20(27-22)26-18-4-6-19(29)7-5-18/h1-3,8-12,18-19,29H,4-7,13-14H2,(H,26,27). The van der Waals surface area contributed by atoms with E-state index in [1.807, 2.05) is 41.1 Å². The second-order valence-electron chi connectivity index (χ2n) is 7.55. The van der Waals surface area contributed by atoms with Crippen LogP contribution in [-0.2, 0) is 13.2 Å². The van der Waals surface area contributed by atoms with Crippen LogP contribution in [-0.4, -0.2) is 31.8 Å². The molecule has 0 aliphatic heterocycles. The van der Waals surface area contributed by atoms with E-state index in [0.29, 0.717) is 35.1 Å². The molecule has 2 heterocycles. The van der Waals surface area contributed by atoms with Gasteiger partial charge >= 0.3 is 0 Å².